The van der Waals surface area contributed by atoms with Crippen LogP contribution < -0.4 is 0 Å². The van der Waals surface area contributed by atoms with E-state index in [0.717, 1.165) is 13.1 Å². The summed E-state index contributed by atoms with van der Waals surface area (Å²) in [6.07, 6.45) is 17.0. The van der Waals surface area contributed by atoms with Crippen molar-refractivity contribution in [3.05, 3.63) is 66.0 Å². The Morgan fingerprint density at radius 1 is 0.824 bits per heavy atom. The average Bonchev–Trinajstić information content (AvgIpc) is 2.83. The van der Waals surface area contributed by atoms with Gasteiger partial charge in [0.2, 0.25) is 0 Å². The maximum Gasteiger partial charge on any atom is 0.264 e. The monoisotopic (exact) mass is 488 g/mol. The fourth-order valence-corrected chi connectivity index (χ4v) is 4.17. The molecule has 2 rings (SSSR count). The topological polar surface area (TPSA) is 70.5 Å². The lowest BCUT2D eigenvalue weighted by atomic mass is 10.1. The predicted octanol–water partition coefficient (Wildman–Crippen LogP) is 7.33. The van der Waals surface area contributed by atoms with Gasteiger partial charge in [0.05, 0.1) is 5.75 Å². The normalized spacial score (nSPS) is 11.6. The molecule has 0 fully saturated rings. The van der Waals surface area contributed by atoms with Gasteiger partial charge in [-0.3, -0.25) is 9.54 Å². The molecule has 1 aromatic carbocycles. The van der Waals surface area contributed by atoms with E-state index >= 15 is 0 Å². The van der Waals surface area contributed by atoms with Crippen molar-refractivity contribution in [1.82, 2.24) is 9.88 Å². The lowest BCUT2D eigenvalue weighted by Gasteiger charge is -2.28. The zero-order chi connectivity index (χ0) is 25.1. The summed E-state index contributed by atoms with van der Waals surface area (Å²) in [5.41, 5.74) is 3.85. The molecule has 5 nitrogen and oxygen atoms in total. The molecule has 0 bridgehead atoms. The maximum atomic E-state index is 9.79. The van der Waals surface area contributed by atoms with Crippen LogP contribution in [-0.4, -0.2) is 41.7 Å². The summed E-state index contributed by atoms with van der Waals surface area (Å²) < 4.78 is 27.6. The quantitative estimate of drug-likeness (QED) is 0.210. The van der Waals surface area contributed by atoms with Crippen molar-refractivity contribution in [3.8, 4) is 0 Å². The molecule has 0 spiro atoms. The van der Waals surface area contributed by atoms with Gasteiger partial charge in [-0.25, -0.2) is 0 Å². The van der Waals surface area contributed by atoms with Crippen molar-refractivity contribution < 1.29 is 13.0 Å². The molecule has 1 aromatic heterocycles. The highest BCUT2D eigenvalue weighted by Gasteiger charge is 2.12. The number of hydrogen-bond donors (Lipinski definition) is 1. The van der Waals surface area contributed by atoms with E-state index in [1.165, 1.54) is 68.2 Å². The van der Waals surface area contributed by atoms with Gasteiger partial charge < -0.3 is 4.90 Å². The molecular weight excluding hydrogens is 444 g/mol. The summed E-state index contributed by atoms with van der Waals surface area (Å²) in [5.74, 6) is -0.132. The number of benzene rings is 1. The zero-order valence-electron chi connectivity index (χ0n) is 21.3. The number of unbranched alkanes of at least 4 members (excludes halogenated alkanes) is 6. The van der Waals surface area contributed by atoms with E-state index in [2.05, 4.69) is 72.3 Å². The Morgan fingerprint density at radius 3 is 1.82 bits per heavy atom. The highest BCUT2D eigenvalue weighted by Crippen LogP contribution is 2.24. The van der Waals surface area contributed by atoms with E-state index in [4.69, 9.17) is 4.55 Å². The number of rotatable bonds is 15. The number of hydrogen-bond acceptors (Lipinski definition) is 4. The number of nitrogens with zero attached hydrogens (tertiary/aromatic N) is 2. The SMILES string of the molecule is CCCCCCN(CCCCCC)C(=Cc1ccccc1)c1ccncc1.CCCS(=O)(=O)O. The second kappa shape index (κ2) is 18.2. The average molecular weight is 489 g/mol. The molecule has 1 N–H and O–H groups in total. The van der Waals surface area contributed by atoms with E-state index in [1.807, 2.05) is 12.4 Å². The van der Waals surface area contributed by atoms with E-state index in [9.17, 15) is 8.42 Å². The molecule has 0 aliphatic rings. The molecule has 0 atom stereocenters. The predicted molar refractivity (Wildman–Crippen MR) is 145 cm³/mol. The Bertz CT molecular complexity index is 872. The summed E-state index contributed by atoms with van der Waals surface area (Å²) in [6, 6.07) is 15.0. The first-order valence-electron chi connectivity index (χ1n) is 12.8. The van der Waals surface area contributed by atoms with Crippen molar-refractivity contribution in [2.45, 2.75) is 78.6 Å². The number of pyridine rings is 1. The van der Waals surface area contributed by atoms with Crippen LogP contribution in [0.2, 0.25) is 0 Å². The van der Waals surface area contributed by atoms with Gasteiger partial charge in [0.1, 0.15) is 0 Å². The molecule has 0 aliphatic heterocycles. The molecule has 34 heavy (non-hydrogen) atoms. The molecule has 0 unspecified atom stereocenters. The van der Waals surface area contributed by atoms with Crippen LogP contribution in [0.15, 0.2) is 54.9 Å². The Labute approximate surface area is 208 Å². The molecule has 0 radical (unpaired) electrons. The third kappa shape index (κ3) is 14.2. The van der Waals surface area contributed by atoms with E-state index in [1.54, 1.807) is 6.92 Å². The lowest BCUT2D eigenvalue weighted by molar-refractivity contribution is 0.370. The van der Waals surface area contributed by atoms with Gasteiger partial charge >= 0.3 is 0 Å². The molecule has 0 amide bonds. The first-order valence-corrected chi connectivity index (χ1v) is 14.4. The van der Waals surface area contributed by atoms with Crippen LogP contribution >= 0.6 is 0 Å². The first-order chi connectivity index (χ1) is 16.4. The van der Waals surface area contributed by atoms with E-state index < -0.39 is 10.1 Å². The third-order valence-corrected chi connectivity index (χ3v) is 6.37. The van der Waals surface area contributed by atoms with Gasteiger partial charge in [0.15, 0.2) is 0 Å². The van der Waals surface area contributed by atoms with Crippen molar-refractivity contribution in [3.63, 3.8) is 0 Å². The Morgan fingerprint density at radius 2 is 1.38 bits per heavy atom. The highest BCUT2D eigenvalue weighted by molar-refractivity contribution is 7.85. The molecule has 0 saturated heterocycles. The van der Waals surface area contributed by atoms with Gasteiger partial charge in [-0.05, 0) is 43.0 Å². The molecular formula is C28H44N2O3S. The lowest BCUT2D eigenvalue weighted by Crippen LogP contribution is -2.25. The fraction of sp³-hybridized carbons (Fsp3) is 0.536. The minimum atomic E-state index is -3.67. The smallest absolute Gasteiger partial charge is 0.264 e. The van der Waals surface area contributed by atoms with Crippen LogP contribution in [0, 0.1) is 0 Å². The zero-order valence-corrected chi connectivity index (χ0v) is 22.1. The number of aromatic nitrogens is 1. The van der Waals surface area contributed by atoms with Crippen molar-refractivity contribution in [2.24, 2.45) is 0 Å². The van der Waals surface area contributed by atoms with Crippen LogP contribution in [-0.2, 0) is 10.1 Å². The molecule has 1 heterocycles. The van der Waals surface area contributed by atoms with Gasteiger partial charge in [-0.2, -0.15) is 8.42 Å². The Hall–Kier alpha value is -2.18. The van der Waals surface area contributed by atoms with Gasteiger partial charge in [0.25, 0.3) is 10.1 Å². The summed E-state index contributed by atoms with van der Waals surface area (Å²) in [7, 11) is -3.67. The minimum absolute atomic E-state index is 0.132. The minimum Gasteiger partial charge on any atom is -0.371 e. The second-order valence-electron chi connectivity index (χ2n) is 8.57. The maximum absolute atomic E-state index is 9.79. The summed E-state index contributed by atoms with van der Waals surface area (Å²) in [5, 5.41) is 0. The van der Waals surface area contributed by atoms with Crippen LogP contribution in [0.1, 0.15) is 89.7 Å². The summed E-state index contributed by atoms with van der Waals surface area (Å²) in [6.45, 7) is 8.51. The van der Waals surface area contributed by atoms with E-state index in [-0.39, 0.29) is 5.75 Å². The largest absolute Gasteiger partial charge is 0.371 e. The third-order valence-electron chi connectivity index (χ3n) is 5.44. The molecule has 0 aliphatic carbocycles. The molecule has 2 aromatic rings. The van der Waals surface area contributed by atoms with Gasteiger partial charge in [-0.15, -0.1) is 0 Å². The van der Waals surface area contributed by atoms with Crippen molar-refractivity contribution in [2.75, 3.05) is 18.8 Å². The fourth-order valence-electron chi connectivity index (χ4n) is 3.66. The van der Waals surface area contributed by atoms with Crippen LogP contribution in [0.4, 0.5) is 0 Å². The van der Waals surface area contributed by atoms with Crippen LogP contribution in [0.3, 0.4) is 0 Å². The van der Waals surface area contributed by atoms with Crippen molar-refractivity contribution in [1.29, 1.82) is 0 Å². The van der Waals surface area contributed by atoms with Crippen molar-refractivity contribution >= 4 is 21.9 Å². The first kappa shape index (κ1) is 29.9. The molecule has 190 valence electrons. The Kier molecular flexibility index (Phi) is 16.0. The van der Waals surface area contributed by atoms with Gasteiger partial charge in [0, 0.05) is 36.7 Å². The Balaban J connectivity index is 0.000000718. The van der Waals surface area contributed by atoms with Crippen LogP contribution in [0.5, 0.6) is 0 Å². The summed E-state index contributed by atoms with van der Waals surface area (Å²) >= 11 is 0. The van der Waals surface area contributed by atoms with Crippen LogP contribution in [0.25, 0.3) is 11.8 Å². The van der Waals surface area contributed by atoms with E-state index in [0.29, 0.717) is 6.42 Å². The standard InChI is InChI=1S/C25H36N2.C3H8O3S/c1-3-5-7-12-20-27(21-13-8-6-4-2)25(24-16-18-26-19-17-24)22-23-14-10-9-11-15-23;1-2-3-7(4,5)6/h9-11,14-19,22H,3-8,12-13,20-21H2,1-2H3;2-3H2,1H3,(H,4,5,6). The van der Waals surface area contributed by atoms with Gasteiger partial charge in [-0.1, -0.05) is 89.6 Å². The molecule has 0 saturated carbocycles. The molecule has 6 heteroatoms. The second-order valence-corrected chi connectivity index (χ2v) is 10.1. The highest BCUT2D eigenvalue weighted by atomic mass is 32.2. The summed E-state index contributed by atoms with van der Waals surface area (Å²) in [4.78, 5) is 6.83.